The van der Waals surface area contributed by atoms with Crippen molar-refractivity contribution in [1.29, 1.82) is 0 Å². The predicted molar refractivity (Wildman–Crippen MR) is 55.0 cm³/mol. The SMILES string of the molecule is O=Cc1cn(CC(=O)O)c2ccccc12. The Kier molecular flexibility index (Phi) is 2.25. The Labute approximate surface area is 85.7 Å². The second-order valence-electron chi connectivity index (χ2n) is 3.24. The molecule has 0 bridgehead atoms. The minimum Gasteiger partial charge on any atom is -0.480 e. The zero-order valence-electron chi connectivity index (χ0n) is 7.88. The van der Waals surface area contributed by atoms with Gasteiger partial charge >= 0.3 is 5.97 Å². The molecular formula is C11H9NO3. The van der Waals surface area contributed by atoms with E-state index < -0.39 is 5.97 Å². The maximum absolute atomic E-state index is 10.8. The maximum atomic E-state index is 10.8. The van der Waals surface area contributed by atoms with Crippen LogP contribution in [0.15, 0.2) is 30.5 Å². The lowest BCUT2D eigenvalue weighted by atomic mass is 10.2. The Balaban J connectivity index is 2.64. The lowest BCUT2D eigenvalue weighted by Gasteiger charge is -1.99. The van der Waals surface area contributed by atoms with Gasteiger partial charge in [-0.05, 0) is 6.07 Å². The second-order valence-corrected chi connectivity index (χ2v) is 3.24. The van der Waals surface area contributed by atoms with E-state index in [-0.39, 0.29) is 6.54 Å². The van der Waals surface area contributed by atoms with Gasteiger partial charge < -0.3 is 9.67 Å². The van der Waals surface area contributed by atoms with E-state index in [1.165, 1.54) is 0 Å². The number of carbonyl (C=O) groups excluding carboxylic acids is 1. The highest BCUT2D eigenvalue weighted by Gasteiger charge is 2.08. The number of hydrogen-bond donors (Lipinski definition) is 1. The number of carboxylic acid groups (broad SMARTS) is 1. The van der Waals surface area contributed by atoms with E-state index in [0.29, 0.717) is 5.56 Å². The van der Waals surface area contributed by atoms with Crippen LogP contribution in [0.1, 0.15) is 10.4 Å². The molecule has 2 rings (SSSR count). The van der Waals surface area contributed by atoms with Gasteiger partial charge in [0.05, 0.1) is 0 Å². The number of hydrogen-bond acceptors (Lipinski definition) is 2. The summed E-state index contributed by atoms with van der Waals surface area (Å²) in [6.07, 6.45) is 2.30. The Morgan fingerprint density at radius 3 is 2.80 bits per heavy atom. The van der Waals surface area contributed by atoms with Crippen LogP contribution < -0.4 is 0 Å². The van der Waals surface area contributed by atoms with Gasteiger partial charge in [-0.3, -0.25) is 9.59 Å². The monoisotopic (exact) mass is 203 g/mol. The molecular weight excluding hydrogens is 194 g/mol. The lowest BCUT2D eigenvalue weighted by molar-refractivity contribution is -0.137. The van der Waals surface area contributed by atoms with Gasteiger partial charge in [0.15, 0.2) is 6.29 Å². The van der Waals surface area contributed by atoms with Crippen molar-refractivity contribution >= 4 is 23.2 Å². The number of aldehydes is 1. The molecule has 0 radical (unpaired) electrons. The van der Waals surface area contributed by atoms with Crippen LogP contribution in [0.5, 0.6) is 0 Å². The first-order valence-corrected chi connectivity index (χ1v) is 4.47. The Morgan fingerprint density at radius 1 is 1.40 bits per heavy atom. The molecule has 0 saturated heterocycles. The van der Waals surface area contributed by atoms with Crippen molar-refractivity contribution in [3.63, 3.8) is 0 Å². The molecule has 15 heavy (non-hydrogen) atoms. The van der Waals surface area contributed by atoms with Crippen LogP contribution in [0.25, 0.3) is 10.9 Å². The van der Waals surface area contributed by atoms with Crippen LogP contribution in [0.3, 0.4) is 0 Å². The normalized spacial score (nSPS) is 10.4. The second kappa shape index (κ2) is 3.57. The molecule has 1 aromatic carbocycles. The first-order valence-electron chi connectivity index (χ1n) is 4.47. The molecule has 2 aromatic rings. The predicted octanol–water partition coefficient (Wildman–Crippen LogP) is 1.54. The van der Waals surface area contributed by atoms with Crippen LogP contribution in [0.4, 0.5) is 0 Å². The summed E-state index contributed by atoms with van der Waals surface area (Å²) in [5.74, 6) is -0.923. The van der Waals surface area contributed by atoms with Crippen molar-refractivity contribution < 1.29 is 14.7 Å². The number of para-hydroxylation sites is 1. The number of aromatic nitrogens is 1. The molecule has 76 valence electrons. The van der Waals surface area contributed by atoms with Gasteiger partial charge in [0.1, 0.15) is 6.54 Å². The summed E-state index contributed by atoms with van der Waals surface area (Å²) in [6.45, 7) is -0.131. The Bertz CT molecular complexity index is 528. The number of aliphatic carboxylic acids is 1. The number of carbonyl (C=O) groups is 2. The summed E-state index contributed by atoms with van der Waals surface area (Å²) < 4.78 is 1.56. The Hall–Kier alpha value is -2.10. The van der Waals surface area contributed by atoms with Crippen LogP contribution >= 0.6 is 0 Å². The zero-order valence-corrected chi connectivity index (χ0v) is 7.88. The summed E-state index contributed by atoms with van der Waals surface area (Å²) in [5.41, 5.74) is 1.29. The molecule has 0 atom stereocenters. The van der Waals surface area contributed by atoms with Crippen molar-refractivity contribution in [2.24, 2.45) is 0 Å². The summed E-state index contributed by atoms with van der Waals surface area (Å²) in [5, 5.41) is 9.49. The zero-order chi connectivity index (χ0) is 10.8. The van der Waals surface area contributed by atoms with Crippen LogP contribution in [-0.4, -0.2) is 21.9 Å². The molecule has 0 fully saturated rings. The summed E-state index contributed by atoms with van der Waals surface area (Å²) in [7, 11) is 0. The third-order valence-corrected chi connectivity index (χ3v) is 2.25. The molecule has 4 nitrogen and oxygen atoms in total. The van der Waals surface area contributed by atoms with Gasteiger partial charge in [-0.15, -0.1) is 0 Å². The van der Waals surface area contributed by atoms with Crippen LogP contribution in [0.2, 0.25) is 0 Å². The quantitative estimate of drug-likeness (QED) is 0.769. The fraction of sp³-hybridized carbons (Fsp3) is 0.0909. The van der Waals surface area contributed by atoms with Crippen LogP contribution in [-0.2, 0) is 11.3 Å². The van der Waals surface area contributed by atoms with Gasteiger partial charge in [0.25, 0.3) is 0 Å². The fourth-order valence-electron chi connectivity index (χ4n) is 1.65. The number of benzene rings is 1. The fourth-order valence-corrected chi connectivity index (χ4v) is 1.65. The number of fused-ring (bicyclic) bond motifs is 1. The molecule has 0 saturated carbocycles. The summed E-state index contributed by atoms with van der Waals surface area (Å²) >= 11 is 0. The molecule has 0 aliphatic heterocycles. The van der Waals surface area contributed by atoms with Crippen LogP contribution in [0, 0.1) is 0 Å². The highest BCUT2D eigenvalue weighted by Crippen LogP contribution is 2.19. The molecule has 0 amide bonds. The number of nitrogens with zero attached hydrogens (tertiary/aromatic N) is 1. The largest absolute Gasteiger partial charge is 0.480 e. The maximum Gasteiger partial charge on any atom is 0.323 e. The minimum atomic E-state index is -0.923. The first kappa shape index (κ1) is 9.45. The van der Waals surface area contributed by atoms with E-state index in [2.05, 4.69) is 0 Å². The van der Waals surface area contributed by atoms with Gasteiger partial charge in [-0.1, -0.05) is 18.2 Å². The standard InChI is InChI=1S/C11H9NO3/c13-7-8-5-12(6-11(14)15)10-4-2-1-3-9(8)10/h1-5,7H,6H2,(H,14,15). The van der Waals surface area contributed by atoms with E-state index in [0.717, 1.165) is 17.2 Å². The third kappa shape index (κ3) is 1.61. The molecule has 0 aliphatic rings. The number of carboxylic acids is 1. The first-order chi connectivity index (χ1) is 7.22. The molecule has 1 aromatic heterocycles. The van der Waals surface area contributed by atoms with Crippen molar-refractivity contribution in [3.05, 3.63) is 36.0 Å². The Morgan fingerprint density at radius 2 is 2.13 bits per heavy atom. The van der Waals surface area contributed by atoms with E-state index in [4.69, 9.17) is 5.11 Å². The van der Waals surface area contributed by atoms with Crippen molar-refractivity contribution in [1.82, 2.24) is 4.57 Å². The third-order valence-electron chi connectivity index (χ3n) is 2.25. The molecule has 0 unspecified atom stereocenters. The van der Waals surface area contributed by atoms with Gasteiger partial charge in [-0.25, -0.2) is 0 Å². The van der Waals surface area contributed by atoms with E-state index >= 15 is 0 Å². The van der Waals surface area contributed by atoms with E-state index in [1.807, 2.05) is 12.1 Å². The average Bonchev–Trinajstić information content (AvgIpc) is 2.56. The van der Waals surface area contributed by atoms with Gasteiger partial charge in [0, 0.05) is 22.7 Å². The van der Waals surface area contributed by atoms with Crippen molar-refractivity contribution in [2.45, 2.75) is 6.54 Å². The molecule has 1 N–H and O–H groups in total. The topological polar surface area (TPSA) is 59.3 Å². The molecule has 0 spiro atoms. The molecule has 1 heterocycles. The lowest BCUT2D eigenvalue weighted by Crippen LogP contribution is -2.07. The van der Waals surface area contributed by atoms with Gasteiger partial charge in [0.2, 0.25) is 0 Å². The van der Waals surface area contributed by atoms with E-state index in [9.17, 15) is 9.59 Å². The highest BCUT2D eigenvalue weighted by molar-refractivity contribution is 5.97. The average molecular weight is 203 g/mol. The van der Waals surface area contributed by atoms with E-state index in [1.54, 1.807) is 22.9 Å². The molecule has 0 aliphatic carbocycles. The minimum absolute atomic E-state index is 0.131. The highest BCUT2D eigenvalue weighted by atomic mass is 16.4. The number of rotatable bonds is 3. The molecule has 4 heteroatoms. The van der Waals surface area contributed by atoms with Crippen molar-refractivity contribution in [3.8, 4) is 0 Å². The van der Waals surface area contributed by atoms with Crippen molar-refractivity contribution in [2.75, 3.05) is 0 Å². The van der Waals surface area contributed by atoms with Gasteiger partial charge in [-0.2, -0.15) is 0 Å². The smallest absolute Gasteiger partial charge is 0.323 e. The summed E-state index contributed by atoms with van der Waals surface area (Å²) in [6, 6.07) is 7.23. The summed E-state index contributed by atoms with van der Waals surface area (Å²) in [4.78, 5) is 21.4.